The number of esters is 1. The van der Waals surface area contributed by atoms with Crippen LogP contribution in [0.4, 0.5) is 9.39 Å². The topological polar surface area (TPSA) is 44.8 Å². The number of ether oxygens (including phenoxy) is 1. The summed E-state index contributed by atoms with van der Waals surface area (Å²) in [6, 6.07) is 4.54. The minimum absolute atomic E-state index is 0.292. The van der Waals surface area contributed by atoms with E-state index in [4.69, 9.17) is 28.6 Å². The highest BCUT2D eigenvalue weighted by Gasteiger charge is 2.27. The van der Waals surface area contributed by atoms with Crippen LogP contribution in [-0.4, -0.2) is 54.2 Å². The number of fused-ring (bicyclic) bond motifs is 1. The van der Waals surface area contributed by atoms with E-state index in [1.54, 1.807) is 17.4 Å². The number of nitrogens with one attached hydrogen (secondary N) is 1. The molecule has 33 heavy (non-hydrogen) atoms. The zero-order valence-corrected chi connectivity index (χ0v) is 21.2. The second kappa shape index (κ2) is 11.1. The van der Waals surface area contributed by atoms with Crippen molar-refractivity contribution in [3.8, 4) is 0 Å². The Morgan fingerprint density at radius 1 is 1.18 bits per heavy atom. The number of thiophene rings is 1. The van der Waals surface area contributed by atoms with Crippen LogP contribution >= 0.6 is 35.2 Å². The van der Waals surface area contributed by atoms with Crippen molar-refractivity contribution in [2.75, 3.05) is 38.6 Å². The molecule has 1 aromatic heterocycles. The van der Waals surface area contributed by atoms with Crippen molar-refractivity contribution in [3.63, 3.8) is 0 Å². The molecule has 0 saturated carbocycles. The Hall–Kier alpha value is -1.74. The number of hydrogen-bond acceptors (Lipinski definition) is 5. The Morgan fingerprint density at radius 3 is 2.61 bits per heavy atom. The van der Waals surface area contributed by atoms with Crippen LogP contribution in [0.1, 0.15) is 52.0 Å². The third-order valence-corrected chi connectivity index (χ3v) is 8.27. The predicted molar refractivity (Wildman–Crippen MR) is 136 cm³/mol. The summed E-state index contributed by atoms with van der Waals surface area (Å²) in [5.41, 5.74) is 2.72. The smallest absolute Gasteiger partial charge is 0.341 e. The Labute approximate surface area is 208 Å². The fraction of sp³-hybridized carbons (Fsp3) is 0.500. The van der Waals surface area contributed by atoms with Crippen LogP contribution in [0.25, 0.3) is 0 Å². The number of hydrogen-bond donors (Lipinski definition) is 1. The van der Waals surface area contributed by atoms with Crippen LogP contribution in [0.2, 0.25) is 5.02 Å². The molecule has 178 valence electrons. The number of aryl methyl sites for hydroxylation is 1. The summed E-state index contributed by atoms with van der Waals surface area (Å²) in [5, 5.41) is 5.26. The van der Waals surface area contributed by atoms with E-state index in [2.05, 4.69) is 15.1 Å². The molecular weight excluding hydrogens is 481 g/mol. The maximum atomic E-state index is 13.3. The van der Waals surface area contributed by atoms with Crippen molar-refractivity contribution in [2.45, 2.75) is 45.1 Å². The molecule has 0 radical (unpaired) electrons. The molecule has 2 aromatic rings. The largest absolute Gasteiger partial charge is 0.465 e. The number of nitrogens with zero attached hydrogens (tertiary/aromatic N) is 2. The zero-order chi connectivity index (χ0) is 23.4. The number of anilines is 1. The van der Waals surface area contributed by atoms with Crippen LogP contribution < -0.4 is 5.32 Å². The number of thiocarbonyl (C=S) groups is 1. The van der Waals surface area contributed by atoms with Gasteiger partial charge in [0.05, 0.1) is 12.7 Å². The summed E-state index contributed by atoms with van der Waals surface area (Å²) < 4.78 is 18.4. The lowest BCUT2D eigenvalue weighted by molar-refractivity contribution is 0.0601. The number of rotatable bonds is 4. The minimum Gasteiger partial charge on any atom is -0.465 e. The van der Waals surface area contributed by atoms with Crippen molar-refractivity contribution < 1.29 is 13.9 Å². The van der Waals surface area contributed by atoms with Gasteiger partial charge in [-0.2, -0.15) is 0 Å². The second-order valence-corrected chi connectivity index (χ2v) is 10.4. The Morgan fingerprint density at radius 2 is 1.91 bits per heavy atom. The number of carbonyl (C=O) groups is 1. The molecule has 0 bridgehead atoms. The lowest BCUT2D eigenvalue weighted by Gasteiger charge is -2.36. The first kappa shape index (κ1) is 24.4. The Bertz CT molecular complexity index is 1020. The normalized spacial score (nSPS) is 17.1. The first-order valence-corrected chi connectivity index (χ1v) is 13.0. The molecule has 0 amide bonds. The standard InChI is InChI=1S/C24H29ClFN3O2S2/c1-31-23(30)21-18-6-4-2-3-5-7-20(18)33-22(21)27-24(32)29-12-10-28(11-13-29)15-16-8-9-17(26)14-19(16)25/h8-9,14H,2-7,10-13,15H2,1H3,(H,27,32). The lowest BCUT2D eigenvalue weighted by Crippen LogP contribution is -2.49. The van der Waals surface area contributed by atoms with E-state index in [0.29, 0.717) is 22.2 Å². The van der Waals surface area contributed by atoms with Gasteiger partial charge in [0.2, 0.25) is 0 Å². The highest BCUT2D eigenvalue weighted by molar-refractivity contribution is 7.80. The first-order valence-electron chi connectivity index (χ1n) is 11.4. The molecule has 2 heterocycles. The number of methoxy groups -OCH3 is 1. The average molecular weight is 510 g/mol. The molecule has 1 aromatic carbocycles. The van der Waals surface area contributed by atoms with Crippen molar-refractivity contribution in [1.29, 1.82) is 0 Å². The third-order valence-electron chi connectivity index (χ3n) is 6.35. The van der Waals surface area contributed by atoms with Gasteiger partial charge in [0.1, 0.15) is 10.8 Å². The molecule has 1 saturated heterocycles. The molecule has 1 N–H and O–H groups in total. The van der Waals surface area contributed by atoms with Crippen molar-refractivity contribution >= 4 is 51.2 Å². The second-order valence-electron chi connectivity index (χ2n) is 8.54. The monoisotopic (exact) mass is 509 g/mol. The lowest BCUT2D eigenvalue weighted by atomic mass is 9.96. The van der Waals surface area contributed by atoms with Crippen molar-refractivity contribution in [3.05, 3.63) is 50.6 Å². The van der Waals surface area contributed by atoms with Gasteiger partial charge in [0.15, 0.2) is 5.11 Å². The fourth-order valence-electron chi connectivity index (χ4n) is 4.50. The summed E-state index contributed by atoms with van der Waals surface area (Å²) in [5.74, 6) is -0.614. The van der Waals surface area contributed by atoms with Crippen LogP contribution in [-0.2, 0) is 24.1 Å². The van der Waals surface area contributed by atoms with E-state index < -0.39 is 0 Å². The molecule has 1 fully saturated rings. The van der Waals surface area contributed by atoms with Gasteiger partial charge in [0, 0.05) is 42.6 Å². The molecular formula is C24H29ClFN3O2S2. The first-order chi connectivity index (χ1) is 16.0. The van der Waals surface area contributed by atoms with Gasteiger partial charge in [-0.05, 0) is 61.2 Å². The molecule has 5 nitrogen and oxygen atoms in total. The van der Waals surface area contributed by atoms with Gasteiger partial charge in [-0.15, -0.1) is 11.3 Å². The quantitative estimate of drug-likeness (QED) is 0.433. The predicted octanol–water partition coefficient (Wildman–Crippen LogP) is 5.50. The van der Waals surface area contributed by atoms with Crippen LogP contribution in [0.5, 0.6) is 0 Å². The maximum Gasteiger partial charge on any atom is 0.341 e. The molecule has 4 rings (SSSR count). The van der Waals surface area contributed by atoms with E-state index >= 15 is 0 Å². The van der Waals surface area contributed by atoms with E-state index in [0.717, 1.165) is 68.0 Å². The van der Waals surface area contributed by atoms with Crippen LogP contribution in [0, 0.1) is 5.82 Å². The van der Waals surface area contributed by atoms with Crippen LogP contribution in [0.15, 0.2) is 18.2 Å². The third kappa shape index (κ3) is 5.85. The van der Waals surface area contributed by atoms with Gasteiger partial charge in [0.25, 0.3) is 0 Å². The molecule has 0 atom stereocenters. The molecule has 9 heteroatoms. The highest BCUT2D eigenvalue weighted by atomic mass is 35.5. The van der Waals surface area contributed by atoms with Gasteiger partial charge in [-0.25, -0.2) is 9.18 Å². The number of halogens is 2. The fourth-order valence-corrected chi connectivity index (χ4v) is 6.35. The molecule has 2 aliphatic rings. The van der Waals surface area contributed by atoms with Crippen molar-refractivity contribution in [1.82, 2.24) is 9.80 Å². The number of benzene rings is 1. The van der Waals surface area contributed by atoms with Gasteiger partial charge < -0.3 is 15.0 Å². The van der Waals surface area contributed by atoms with Gasteiger partial charge >= 0.3 is 5.97 Å². The highest BCUT2D eigenvalue weighted by Crippen LogP contribution is 2.37. The molecule has 0 spiro atoms. The average Bonchev–Trinajstić information content (AvgIpc) is 3.11. The van der Waals surface area contributed by atoms with E-state index in [1.165, 1.54) is 37.0 Å². The summed E-state index contributed by atoms with van der Waals surface area (Å²) in [7, 11) is 1.43. The summed E-state index contributed by atoms with van der Waals surface area (Å²) in [4.78, 5) is 18.3. The SMILES string of the molecule is COC(=O)c1c(NC(=S)N2CCN(Cc3ccc(F)cc3Cl)CC2)sc2c1CCCCCC2. The van der Waals surface area contributed by atoms with E-state index in [9.17, 15) is 9.18 Å². The Balaban J connectivity index is 1.40. The minimum atomic E-state index is -0.321. The summed E-state index contributed by atoms with van der Waals surface area (Å²) in [6.07, 6.45) is 6.60. The Kier molecular flexibility index (Phi) is 8.22. The number of carbonyl (C=O) groups excluding carboxylic acids is 1. The molecule has 1 aliphatic carbocycles. The summed E-state index contributed by atoms with van der Waals surface area (Å²) >= 11 is 13.6. The van der Waals surface area contributed by atoms with Gasteiger partial charge in [-0.1, -0.05) is 30.5 Å². The van der Waals surface area contributed by atoms with Crippen molar-refractivity contribution in [2.24, 2.45) is 0 Å². The molecule has 1 aliphatic heterocycles. The molecule has 0 unspecified atom stereocenters. The maximum absolute atomic E-state index is 13.3. The number of piperazine rings is 1. The van der Waals surface area contributed by atoms with E-state index in [-0.39, 0.29) is 11.8 Å². The zero-order valence-electron chi connectivity index (χ0n) is 18.8. The summed E-state index contributed by atoms with van der Waals surface area (Å²) in [6.45, 7) is 3.85. The van der Waals surface area contributed by atoms with Crippen LogP contribution in [0.3, 0.4) is 0 Å². The van der Waals surface area contributed by atoms with E-state index in [1.807, 2.05) is 0 Å². The van der Waals surface area contributed by atoms with Gasteiger partial charge in [-0.3, -0.25) is 4.90 Å².